The fourth-order valence-electron chi connectivity index (χ4n) is 1.02. The van der Waals surface area contributed by atoms with E-state index in [1.165, 1.54) is 55.8 Å². The van der Waals surface area contributed by atoms with Gasteiger partial charge >= 0.3 is 29.8 Å². The molecule has 0 saturated carbocycles. The fourth-order valence-corrected chi connectivity index (χ4v) is 1.02. The van der Waals surface area contributed by atoms with Gasteiger partial charge in [0.15, 0.2) is 0 Å². The number of nitrogens with one attached hydrogen (secondary N) is 8. The van der Waals surface area contributed by atoms with Crippen molar-refractivity contribution in [1.82, 2.24) is 42.5 Å². The number of carbonyl (C=O) groups is 9. The smallest absolute Gasteiger partial charge is 0.302 e. The molecule has 0 aliphatic heterocycles. The van der Waals surface area contributed by atoms with Gasteiger partial charge in [0.2, 0.25) is 0 Å². The monoisotopic (exact) mass is 1730 g/mol. The number of carbonyl (C=O) groups excluding carboxylic acids is 5. The van der Waals surface area contributed by atoms with E-state index in [0.29, 0.717) is 33.0 Å². The van der Waals surface area contributed by atoms with Crippen LogP contribution in [0.1, 0.15) is 247 Å². The van der Waals surface area contributed by atoms with Crippen LogP contribution < -0.4 is 59.7 Å². The molecule has 0 bridgehead atoms. The van der Waals surface area contributed by atoms with Gasteiger partial charge in [0, 0.05) is 139 Å². The summed E-state index contributed by atoms with van der Waals surface area (Å²) in [6.07, 6.45) is 0. The van der Waals surface area contributed by atoms with Crippen LogP contribution in [0.4, 0.5) is 0 Å². The number of hydrogen-bond acceptors (Lipinski definition) is 32. The van der Waals surface area contributed by atoms with Gasteiger partial charge in [-0.05, 0) is 192 Å². The van der Waals surface area contributed by atoms with Crippen molar-refractivity contribution in [2.24, 2.45) is 17.2 Å². The highest BCUT2D eigenvalue weighted by molar-refractivity contribution is 5.67. The summed E-state index contributed by atoms with van der Waals surface area (Å²) in [6.45, 7) is 58.8. The molecular weight excluding hydrogens is 1500 g/mol. The molecule has 0 aromatic heterocycles. The lowest BCUT2D eigenvalue weighted by Crippen LogP contribution is -2.01. The molecule has 0 radical (unpaired) electrons. The van der Waals surface area contributed by atoms with Crippen molar-refractivity contribution in [3.8, 4) is 0 Å². The van der Waals surface area contributed by atoms with E-state index in [1.54, 1.807) is 63.1 Å². The summed E-state index contributed by atoms with van der Waals surface area (Å²) in [5.41, 5.74) is 13.5. The Morgan fingerprint density at radius 2 is 0.252 bits per heavy atom. The van der Waals surface area contributed by atoms with Gasteiger partial charge in [-0.15, -0.1) is 0 Å². The molecule has 0 saturated heterocycles. The van der Waals surface area contributed by atoms with Gasteiger partial charge in [0.25, 0.3) is 23.9 Å². The van der Waals surface area contributed by atoms with E-state index in [-0.39, 0.29) is 96.7 Å². The molecule has 0 heterocycles. The number of hydrogen-bond donors (Lipinski definition) is 18. The summed E-state index contributed by atoms with van der Waals surface area (Å²) < 4.78 is 40.2. The molecule has 0 amide bonds. The lowest BCUT2D eigenvalue weighted by molar-refractivity contribution is -0.141. The van der Waals surface area contributed by atoms with E-state index >= 15 is 0 Å². The van der Waals surface area contributed by atoms with Crippen LogP contribution in [-0.2, 0) is 85.8 Å². The third-order valence-corrected chi connectivity index (χ3v) is 5.72. The quantitative estimate of drug-likeness (QED) is 0.0475. The van der Waals surface area contributed by atoms with Gasteiger partial charge in [-0.1, -0.05) is 122 Å². The van der Waals surface area contributed by atoms with E-state index < -0.39 is 23.9 Å². The zero-order chi connectivity index (χ0) is 92.2. The summed E-state index contributed by atoms with van der Waals surface area (Å²) in [6, 6.07) is 0. The van der Waals surface area contributed by atoms with Crippen molar-refractivity contribution in [1.29, 1.82) is 0 Å². The second-order valence-electron chi connectivity index (χ2n) is 14.7. The maximum absolute atomic E-state index is 9.82. The highest BCUT2D eigenvalue weighted by atomic mass is 16.5. The van der Waals surface area contributed by atoms with Crippen molar-refractivity contribution < 1.29 is 122 Å². The van der Waals surface area contributed by atoms with E-state index in [4.69, 9.17) is 54.9 Å². The van der Waals surface area contributed by atoms with Crippen molar-refractivity contribution in [2.45, 2.75) is 247 Å². The average Bonchev–Trinajstić information content (AvgIpc) is 1.58. The number of carboxylic acids is 4. The molecule has 0 aliphatic carbocycles. The van der Waals surface area contributed by atoms with Crippen molar-refractivity contribution in [3.05, 3.63) is 0 Å². The van der Waals surface area contributed by atoms with Crippen LogP contribution in [0.15, 0.2) is 0 Å². The number of carboxylic acid groups (broad SMARTS) is 4. The number of aliphatic hydroxyl groups is 3. The summed E-state index contributed by atoms with van der Waals surface area (Å²) in [5, 5.41) is 74.1. The Kier molecular flexibility index (Phi) is 845. The second-order valence-corrected chi connectivity index (χ2v) is 14.7. The average molecular weight is 1730 g/mol. The van der Waals surface area contributed by atoms with Crippen LogP contribution in [0.25, 0.3) is 0 Å². The van der Waals surface area contributed by atoms with Crippen molar-refractivity contribution >= 4 is 53.7 Å². The molecule has 0 fully saturated rings. The number of rotatable bonds is 17. The number of aliphatic carboxylic acids is 4. The Labute approximate surface area is 718 Å². The first kappa shape index (κ1) is 239. The Morgan fingerprint density at radius 3 is 0.252 bits per heavy atom. The second kappa shape index (κ2) is 407. The molecule has 0 aromatic carbocycles. The van der Waals surface area contributed by atoms with Gasteiger partial charge in [-0.2, -0.15) is 0 Å². The fraction of sp³-hybridized carbons (Fsp3) is 0.886. The molecule has 0 aliphatic rings. The first-order valence-electron chi connectivity index (χ1n) is 34.4. The van der Waals surface area contributed by atoms with Crippen LogP contribution in [-0.4, -0.2) is 329 Å². The largest absolute Gasteiger partial charge is 0.481 e. The minimum Gasteiger partial charge on any atom is -0.481 e. The highest BCUT2D eigenvalue weighted by Crippen LogP contribution is 1.72. The molecule has 0 aromatic rings. The lowest BCUT2D eigenvalue weighted by Gasteiger charge is -1.89. The highest BCUT2D eigenvalue weighted by Gasteiger charge is 1.84. The van der Waals surface area contributed by atoms with E-state index in [9.17, 15) is 24.0 Å². The van der Waals surface area contributed by atoms with E-state index in [2.05, 4.69) is 158 Å². The molecule has 36 heteroatoms. The predicted octanol–water partition coefficient (Wildman–Crippen LogP) is 10.9. The van der Waals surface area contributed by atoms with Crippen LogP contribution in [0.5, 0.6) is 0 Å². The molecule has 115 heavy (non-hydrogen) atoms. The maximum Gasteiger partial charge on any atom is 0.302 e. The molecule has 21 N–H and O–H groups in total. The molecule has 0 spiro atoms. The van der Waals surface area contributed by atoms with Crippen LogP contribution in [0.2, 0.25) is 0 Å². The Morgan fingerprint density at radius 1 is 0.209 bits per heavy atom. The molecule has 0 atom stereocenters. The number of aliphatic hydroxyl groups excluding tert-OH is 3. The Balaban J connectivity index is -0.0000000166. The van der Waals surface area contributed by atoms with Crippen LogP contribution >= 0.6 is 0 Å². The summed E-state index contributed by atoms with van der Waals surface area (Å²) in [7, 11) is 29.7. The van der Waals surface area contributed by atoms with Crippen molar-refractivity contribution in [2.75, 3.05) is 239 Å². The third kappa shape index (κ3) is 2660. The molecule has 0 unspecified atom stereocenters. The molecule has 744 valence electrons. The molecular formula is C79H223N11O25. The SMILES string of the molecule is C.C.C.C.C.C.C.C.C.CC(=O)O.CC(=O)O.CC(=O)O.CC(=O)O.CCNC.CCNC.CCNC.CCNC.CCNC.CCNC.CCNC.CCNC.CCOC.CCOC.CCOC.CCOC.CCOC(C)=O.CCOC(C)=O.CCOC(C)=O.CCOC(C)=O.CCOC(C)=O.CN.CN.CN.CO.CO.CO. The van der Waals surface area contributed by atoms with E-state index in [0.717, 1.165) is 128 Å². The van der Waals surface area contributed by atoms with Crippen molar-refractivity contribution in [3.63, 3.8) is 0 Å². The molecule has 0 rings (SSSR count). The number of ether oxygens (including phenoxy) is 9. The van der Waals surface area contributed by atoms with Gasteiger partial charge in [0.1, 0.15) is 0 Å². The third-order valence-electron chi connectivity index (χ3n) is 5.72. The summed E-state index contributed by atoms with van der Waals surface area (Å²) in [4.78, 5) is 85.1. The topological polar surface area (TPSA) is 553 Å². The van der Waals surface area contributed by atoms with Gasteiger partial charge in [0.05, 0.1) is 33.0 Å². The van der Waals surface area contributed by atoms with Gasteiger partial charge in [-0.3, -0.25) is 43.2 Å². The zero-order valence-corrected chi connectivity index (χ0v) is 76.7. The van der Waals surface area contributed by atoms with E-state index in [1.807, 2.05) is 84.1 Å². The number of methoxy groups -OCH3 is 4. The summed E-state index contributed by atoms with van der Waals surface area (Å²) >= 11 is 0. The van der Waals surface area contributed by atoms with Gasteiger partial charge in [-0.25, -0.2) is 0 Å². The minimum absolute atomic E-state index is 0. The molecule has 36 nitrogen and oxygen atoms in total. The first-order valence-corrected chi connectivity index (χ1v) is 34.4. The standard InChI is InChI=1S/5C4H8O2.8C3H9N.4C3H8O.4C2H4O2.3CH5N.3CH4O.9CH4/c5*1-3-6-4(2)5;12*1-3-4-2;4*1-2(3)4;6*1-2;;;;;;;;;/h5*3H2,1-2H3;8*4H,3H2,1-2H3;4*3H2,1-2H3;4*1H3,(H,3,4);3*2H2,1H3;3*2H,1H3;9*1H4. The zero-order valence-electron chi connectivity index (χ0n) is 76.7. The number of esters is 5. The lowest BCUT2D eigenvalue weighted by atomic mass is 10.8. The van der Waals surface area contributed by atoms with Gasteiger partial charge < -0.3 is 138 Å². The Bertz CT molecular complexity index is 969. The number of nitrogens with two attached hydrogens (primary N) is 3. The first-order chi connectivity index (χ1) is 49.7. The maximum atomic E-state index is 9.82. The normalized spacial score (nSPS) is 6.31. The predicted molar refractivity (Wildman–Crippen MR) is 507 cm³/mol. The van der Waals surface area contributed by atoms with Crippen LogP contribution in [0, 0.1) is 0 Å². The van der Waals surface area contributed by atoms with Crippen LogP contribution in [0.3, 0.4) is 0 Å². The Hall–Kier alpha value is -5.49. The summed E-state index contributed by atoms with van der Waals surface area (Å²) in [5.74, 6) is -4.39. The minimum atomic E-state index is -0.833.